The van der Waals surface area contributed by atoms with Gasteiger partial charge in [0.15, 0.2) is 0 Å². The Labute approximate surface area is 578 Å². The number of aliphatic hydroxyl groups excluding tert-OH is 2. The van der Waals surface area contributed by atoms with E-state index in [-0.39, 0.29) is 18.5 Å². The van der Waals surface area contributed by atoms with Crippen LogP contribution in [0.1, 0.15) is 515 Å². The molecule has 0 aliphatic heterocycles. The third-order valence-electron chi connectivity index (χ3n) is 20.9. The number of carbonyl (C=O) groups is 2. The molecule has 1 amide bonds. The number of rotatable bonds is 83. The van der Waals surface area contributed by atoms with Crippen molar-refractivity contribution >= 4 is 11.9 Å². The lowest BCUT2D eigenvalue weighted by molar-refractivity contribution is -0.143. The number of aliphatic hydroxyl groups is 2. The second kappa shape index (κ2) is 82.3. The zero-order valence-corrected chi connectivity index (χ0v) is 63.3. The summed E-state index contributed by atoms with van der Waals surface area (Å²) in [5.74, 6) is 0.00513. The molecule has 92 heavy (non-hydrogen) atoms. The largest absolute Gasteiger partial charge is 0.466 e. The molecule has 0 bridgehead atoms. The molecule has 2 atom stereocenters. The van der Waals surface area contributed by atoms with Crippen molar-refractivity contribution in [3.63, 3.8) is 0 Å². The normalized spacial score (nSPS) is 12.3. The molecule has 3 N–H and O–H groups in total. The van der Waals surface area contributed by atoms with Gasteiger partial charge >= 0.3 is 5.97 Å². The second-order valence-corrected chi connectivity index (χ2v) is 30.2. The molecular formula is C86H171NO5. The van der Waals surface area contributed by atoms with Gasteiger partial charge in [-0.1, -0.05) is 476 Å². The van der Waals surface area contributed by atoms with Crippen molar-refractivity contribution in [1.29, 1.82) is 0 Å². The van der Waals surface area contributed by atoms with Crippen LogP contribution in [0.15, 0.2) is 0 Å². The first-order chi connectivity index (χ1) is 45.5. The van der Waals surface area contributed by atoms with Gasteiger partial charge in [0.25, 0.3) is 0 Å². The average Bonchev–Trinajstić information content (AvgIpc) is 3.62. The average molecular weight is 1300 g/mol. The van der Waals surface area contributed by atoms with Crippen LogP contribution in [0.4, 0.5) is 0 Å². The summed E-state index contributed by atoms with van der Waals surface area (Å²) in [7, 11) is 0. The highest BCUT2D eigenvalue weighted by Gasteiger charge is 2.20. The lowest BCUT2D eigenvalue weighted by Gasteiger charge is -2.22. The first kappa shape index (κ1) is 90.9. The van der Waals surface area contributed by atoms with E-state index < -0.39 is 12.1 Å². The summed E-state index contributed by atoms with van der Waals surface area (Å²) >= 11 is 0. The first-order valence-electron chi connectivity index (χ1n) is 43.3. The van der Waals surface area contributed by atoms with Crippen LogP contribution >= 0.6 is 0 Å². The van der Waals surface area contributed by atoms with Gasteiger partial charge in [-0.25, -0.2) is 0 Å². The molecule has 0 saturated heterocycles. The Kier molecular flexibility index (Phi) is 81.3. The molecule has 0 saturated carbocycles. The van der Waals surface area contributed by atoms with Crippen molar-refractivity contribution in [3.05, 3.63) is 0 Å². The number of carbonyl (C=O) groups excluding carboxylic acids is 2. The molecule has 0 aliphatic carbocycles. The number of ether oxygens (including phenoxy) is 1. The SMILES string of the molecule is CCCCCCCCCCCCCCCCCCCCCCCCCC(O)C(CO)NC(=O)CCCCCCCCCCCCCCCCCCCCCCCCCCCCCCCCCCCCCCCCCOC(=O)CCCCCCCCCCCCCCC. The van der Waals surface area contributed by atoms with Gasteiger partial charge in [0.1, 0.15) is 0 Å². The minimum Gasteiger partial charge on any atom is -0.466 e. The molecular weight excluding hydrogens is 1130 g/mol. The molecule has 0 spiro atoms. The van der Waals surface area contributed by atoms with E-state index in [2.05, 4.69) is 19.2 Å². The van der Waals surface area contributed by atoms with E-state index in [1.165, 1.54) is 443 Å². The van der Waals surface area contributed by atoms with E-state index in [0.29, 0.717) is 25.9 Å². The summed E-state index contributed by atoms with van der Waals surface area (Å²) in [6.45, 7) is 5.02. The Morgan fingerprint density at radius 2 is 0.446 bits per heavy atom. The van der Waals surface area contributed by atoms with Gasteiger partial charge < -0.3 is 20.3 Å². The van der Waals surface area contributed by atoms with E-state index >= 15 is 0 Å². The van der Waals surface area contributed by atoms with Crippen LogP contribution in [0.2, 0.25) is 0 Å². The maximum absolute atomic E-state index is 12.6. The molecule has 0 aliphatic rings. The van der Waals surface area contributed by atoms with Crippen LogP contribution in [0, 0.1) is 0 Å². The van der Waals surface area contributed by atoms with Crippen molar-refractivity contribution in [3.8, 4) is 0 Å². The van der Waals surface area contributed by atoms with Crippen LogP contribution in [0.5, 0.6) is 0 Å². The van der Waals surface area contributed by atoms with Gasteiger partial charge in [-0.3, -0.25) is 9.59 Å². The maximum Gasteiger partial charge on any atom is 0.305 e. The van der Waals surface area contributed by atoms with Crippen LogP contribution < -0.4 is 5.32 Å². The Morgan fingerprint density at radius 1 is 0.261 bits per heavy atom. The highest BCUT2D eigenvalue weighted by molar-refractivity contribution is 5.76. The smallest absolute Gasteiger partial charge is 0.305 e. The van der Waals surface area contributed by atoms with Crippen molar-refractivity contribution in [1.82, 2.24) is 5.32 Å². The maximum atomic E-state index is 12.6. The molecule has 0 radical (unpaired) electrons. The monoisotopic (exact) mass is 1300 g/mol. The van der Waals surface area contributed by atoms with Crippen molar-refractivity contribution < 1.29 is 24.5 Å². The zero-order valence-electron chi connectivity index (χ0n) is 63.3. The predicted octanol–water partition coefficient (Wildman–Crippen LogP) is 28.8. The van der Waals surface area contributed by atoms with Gasteiger partial charge in [0, 0.05) is 12.8 Å². The predicted molar refractivity (Wildman–Crippen MR) is 407 cm³/mol. The number of amides is 1. The number of nitrogens with one attached hydrogen (secondary N) is 1. The molecule has 0 fully saturated rings. The Bertz CT molecular complexity index is 1360. The quantitative estimate of drug-likeness (QED) is 0.0417. The van der Waals surface area contributed by atoms with E-state index in [0.717, 1.165) is 38.5 Å². The van der Waals surface area contributed by atoms with Gasteiger partial charge in [0.2, 0.25) is 5.91 Å². The third-order valence-corrected chi connectivity index (χ3v) is 20.9. The number of esters is 1. The van der Waals surface area contributed by atoms with Crippen molar-refractivity contribution in [2.24, 2.45) is 0 Å². The minimum absolute atomic E-state index is 0.0220. The molecule has 0 aromatic rings. The van der Waals surface area contributed by atoms with Crippen molar-refractivity contribution in [2.75, 3.05) is 13.2 Å². The number of unbranched alkanes of at least 4 members (excludes halogenated alkanes) is 72. The summed E-state index contributed by atoms with van der Waals surface area (Å²) in [6, 6.07) is -0.537. The molecule has 6 nitrogen and oxygen atoms in total. The van der Waals surface area contributed by atoms with Crippen molar-refractivity contribution in [2.45, 2.75) is 527 Å². The number of hydrogen-bond acceptors (Lipinski definition) is 5. The van der Waals surface area contributed by atoms with E-state index in [1.54, 1.807) is 0 Å². The Morgan fingerprint density at radius 3 is 0.663 bits per heavy atom. The summed E-state index contributed by atoms with van der Waals surface area (Å²) in [6.07, 6.45) is 104. The second-order valence-electron chi connectivity index (χ2n) is 30.2. The van der Waals surface area contributed by atoms with Gasteiger partial charge in [-0.2, -0.15) is 0 Å². The molecule has 0 heterocycles. The fourth-order valence-electron chi connectivity index (χ4n) is 14.4. The molecule has 2 unspecified atom stereocenters. The summed E-state index contributed by atoms with van der Waals surface area (Å²) in [5, 5.41) is 23.5. The Hall–Kier alpha value is -1.14. The van der Waals surface area contributed by atoms with Crippen LogP contribution in [0.25, 0.3) is 0 Å². The fourth-order valence-corrected chi connectivity index (χ4v) is 14.4. The topological polar surface area (TPSA) is 95.9 Å². The van der Waals surface area contributed by atoms with Crippen LogP contribution in [-0.4, -0.2) is 47.4 Å². The lowest BCUT2D eigenvalue weighted by Crippen LogP contribution is -2.45. The molecule has 0 aromatic heterocycles. The standard InChI is InChI=1S/C86H171NO5/c1-3-5-7-9-11-13-15-17-18-19-20-21-39-42-45-48-51-55-58-62-66-70-74-78-84(89)83(82-88)87-85(90)79-75-71-67-63-59-56-52-49-46-43-40-37-35-33-31-29-27-25-23-22-24-26-28-30-32-34-36-38-41-44-47-50-53-57-61-65-69-73-77-81-92-86(91)80-76-72-68-64-60-54-16-14-12-10-8-6-4-2/h83-84,88-89H,3-82H2,1-2H3,(H,87,90). The first-order valence-corrected chi connectivity index (χ1v) is 43.3. The molecule has 6 heteroatoms. The van der Waals surface area contributed by atoms with Gasteiger partial charge in [-0.15, -0.1) is 0 Å². The van der Waals surface area contributed by atoms with Gasteiger partial charge in [0.05, 0.1) is 25.4 Å². The summed E-state index contributed by atoms with van der Waals surface area (Å²) < 4.78 is 5.50. The van der Waals surface area contributed by atoms with Gasteiger partial charge in [-0.05, 0) is 25.7 Å². The molecule has 0 aromatic carbocycles. The third kappa shape index (κ3) is 77.9. The summed E-state index contributed by atoms with van der Waals surface area (Å²) in [4.78, 5) is 24.7. The fraction of sp³-hybridized carbons (Fsp3) is 0.977. The lowest BCUT2D eigenvalue weighted by atomic mass is 10.0. The van der Waals surface area contributed by atoms with E-state index in [1.807, 2.05) is 0 Å². The highest BCUT2D eigenvalue weighted by atomic mass is 16.5. The van der Waals surface area contributed by atoms with E-state index in [4.69, 9.17) is 4.74 Å². The number of hydrogen-bond donors (Lipinski definition) is 3. The molecule has 550 valence electrons. The molecule has 0 rings (SSSR count). The van der Waals surface area contributed by atoms with Crippen LogP contribution in [0.3, 0.4) is 0 Å². The Balaban J connectivity index is 3.29. The highest BCUT2D eigenvalue weighted by Crippen LogP contribution is 2.22. The summed E-state index contributed by atoms with van der Waals surface area (Å²) in [5.41, 5.74) is 0. The van der Waals surface area contributed by atoms with Crippen LogP contribution in [-0.2, 0) is 14.3 Å². The zero-order chi connectivity index (χ0) is 66.3. The van der Waals surface area contributed by atoms with E-state index in [9.17, 15) is 19.8 Å². The minimum atomic E-state index is -0.660.